The third-order valence-electron chi connectivity index (χ3n) is 2.41. The fourth-order valence-corrected chi connectivity index (χ4v) is 1.83. The van der Waals surface area contributed by atoms with Crippen LogP contribution in [-0.2, 0) is 6.42 Å². The fourth-order valence-electron chi connectivity index (χ4n) is 1.66. The van der Waals surface area contributed by atoms with Gasteiger partial charge in [-0.25, -0.2) is 0 Å². The second kappa shape index (κ2) is 3.56. The average molecular weight is 198 g/mol. The van der Waals surface area contributed by atoms with Gasteiger partial charge in [0.2, 0.25) is 0 Å². The number of fused-ring (bicyclic) bond motifs is 1. The molecular weight excluding hydrogens is 186 g/mol. The van der Waals surface area contributed by atoms with Crippen LogP contribution in [0.4, 0.5) is 5.69 Å². The Morgan fingerprint density at radius 3 is 3.15 bits per heavy atom. The number of nitrogens with one attached hydrogen (secondary N) is 1. The lowest BCUT2D eigenvalue weighted by Crippen LogP contribution is -2.28. The lowest BCUT2D eigenvalue weighted by Gasteiger charge is -2.25. The topological polar surface area (TPSA) is 32.3 Å². The first kappa shape index (κ1) is 8.85. The molecule has 2 rings (SSSR count). The molecule has 2 nitrogen and oxygen atoms in total. The molecule has 0 aromatic heterocycles. The number of rotatable bonds is 1. The number of hydrogen-bond donors (Lipinski definition) is 2. The Bertz CT molecular complexity index is 314. The van der Waals surface area contributed by atoms with Gasteiger partial charge in [-0.15, -0.1) is 0 Å². The van der Waals surface area contributed by atoms with Crippen molar-refractivity contribution >= 4 is 17.3 Å². The van der Waals surface area contributed by atoms with Crippen LogP contribution < -0.4 is 5.32 Å². The SMILES string of the molecule is OC[C@H]1CCc2ccc(Cl)cc2N1. The van der Waals surface area contributed by atoms with Crippen LogP contribution in [0.3, 0.4) is 0 Å². The molecule has 0 amide bonds. The van der Waals surface area contributed by atoms with Crippen LogP contribution in [0.25, 0.3) is 0 Å². The summed E-state index contributed by atoms with van der Waals surface area (Å²) >= 11 is 5.87. The molecule has 1 aliphatic heterocycles. The zero-order valence-electron chi connectivity index (χ0n) is 7.26. The molecule has 0 fully saturated rings. The first-order valence-corrected chi connectivity index (χ1v) is 4.83. The van der Waals surface area contributed by atoms with E-state index < -0.39 is 0 Å². The minimum absolute atomic E-state index is 0.186. The first-order valence-electron chi connectivity index (χ1n) is 4.45. The summed E-state index contributed by atoms with van der Waals surface area (Å²) < 4.78 is 0. The van der Waals surface area contributed by atoms with Gasteiger partial charge in [0.15, 0.2) is 0 Å². The summed E-state index contributed by atoms with van der Waals surface area (Å²) in [6.07, 6.45) is 2.01. The molecule has 1 aromatic carbocycles. The summed E-state index contributed by atoms with van der Waals surface area (Å²) in [6.45, 7) is 0.186. The Kier molecular flexibility index (Phi) is 2.42. The van der Waals surface area contributed by atoms with E-state index in [-0.39, 0.29) is 12.6 Å². The van der Waals surface area contributed by atoms with Crippen LogP contribution in [0, 0.1) is 0 Å². The fraction of sp³-hybridized carbons (Fsp3) is 0.400. The second-order valence-electron chi connectivity index (χ2n) is 3.36. The summed E-state index contributed by atoms with van der Waals surface area (Å²) in [5.41, 5.74) is 2.35. The largest absolute Gasteiger partial charge is 0.394 e. The summed E-state index contributed by atoms with van der Waals surface area (Å²) in [5.74, 6) is 0. The van der Waals surface area contributed by atoms with Crippen LogP contribution in [0.5, 0.6) is 0 Å². The van der Waals surface area contributed by atoms with Gasteiger partial charge in [0.25, 0.3) is 0 Å². The van der Waals surface area contributed by atoms with Gasteiger partial charge < -0.3 is 10.4 Å². The summed E-state index contributed by atoms with van der Waals surface area (Å²) in [5, 5.41) is 13.0. The van der Waals surface area contributed by atoms with Crippen LogP contribution in [-0.4, -0.2) is 17.8 Å². The van der Waals surface area contributed by atoms with Crippen molar-refractivity contribution < 1.29 is 5.11 Å². The van der Waals surface area contributed by atoms with Crippen molar-refractivity contribution in [3.63, 3.8) is 0 Å². The van der Waals surface area contributed by atoms with Crippen molar-refractivity contribution in [2.75, 3.05) is 11.9 Å². The molecule has 13 heavy (non-hydrogen) atoms. The van der Waals surface area contributed by atoms with Gasteiger partial charge in [-0.05, 0) is 30.5 Å². The second-order valence-corrected chi connectivity index (χ2v) is 3.80. The highest BCUT2D eigenvalue weighted by atomic mass is 35.5. The first-order chi connectivity index (χ1) is 6.29. The molecule has 2 N–H and O–H groups in total. The van der Waals surface area contributed by atoms with Crippen molar-refractivity contribution in [3.8, 4) is 0 Å². The quantitative estimate of drug-likeness (QED) is 0.723. The Hall–Kier alpha value is -0.730. The molecular formula is C10H12ClNO. The van der Waals surface area contributed by atoms with E-state index in [4.69, 9.17) is 16.7 Å². The summed E-state index contributed by atoms with van der Waals surface area (Å²) in [4.78, 5) is 0. The molecule has 0 aliphatic carbocycles. The van der Waals surface area contributed by atoms with Gasteiger partial charge in [0.1, 0.15) is 0 Å². The van der Waals surface area contributed by atoms with Crippen molar-refractivity contribution in [1.29, 1.82) is 0 Å². The average Bonchev–Trinajstić information content (AvgIpc) is 2.16. The maximum atomic E-state index is 8.99. The van der Waals surface area contributed by atoms with Crippen LogP contribution >= 0.6 is 11.6 Å². The monoisotopic (exact) mass is 197 g/mol. The van der Waals surface area contributed by atoms with Gasteiger partial charge in [-0.1, -0.05) is 17.7 Å². The molecule has 0 spiro atoms. The molecule has 0 bridgehead atoms. The third kappa shape index (κ3) is 1.79. The van der Waals surface area contributed by atoms with E-state index in [0.717, 1.165) is 23.6 Å². The standard InChI is InChI=1S/C10H12ClNO/c11-8-3-1-7-2-4-9(6-13)12-10(7)5-8/h1,3,5,9,12-13H,2,4,6H2/t9-/m1/s1. The molecule has 0 saturated heterocycles. The lowest BCUT2D eigenvalue weighted by molar-refractivity contribution is 0.267. The van der Waals surface area contributed by atoms with Gasteiger partial charge in [-0.3, -0.25) is 0 Å². The van der Waals surface area contributed by atoms with Crippen molar-refractivity contribution in [1.82, 2.24) is 0 Å². The molecule has 70 valence electrons. The Labute approximate surface area is 82.5 Å². The predicted molar refractivity (Wildman–Crippen MR) is 54.3 cm³/mol. The predicted octanol–water partition coefficient (Wildman–Crippen LogP) is 2.06. The normalized spacial score (nSPS) is 20.6. The summed E-state index contributed by atoms with van der Waals surface area (Å²) in [7, 11) is 0. The highest BCUT2D eigenvalue weighted by Crippen LogP contribution is 2.27. The van der Waals surface area contributed by atoms with Crippen molar-refractivity contribution in [2.45, 2.75) is 18.9 Å². The lowest BCUT2D eigenvalue weighted by atomic mass is 9.99. The van der Waals surface area contributed by atoms with E-state index >= 15 is 0 Å². The van der Waals surface area contributed by atoms with E-state index in [2.05, 4.69) is 5.32 Å². The number of hydrogen-bond acceptors (Lipinski definition) is 2. The molecule has 1 aromatic rings. The molecule has 0 saturated carbocycles. The van der Waals surface area contributed by atoms with Gasteiger partial charge in [-0.2, -0.15) is 0 Å². The Morgan fingerprint density at radius 2 is 2.38 bits per heavy atom. The van der Waals surface area contributed by atoms with Crippen molar-refractivity contribution in [2.24, 2.45) is 0 Å². The van der Waals surface area contributed by atoms with E-state index in [1.165, 1.54) is 5.56 Å². The van der Waals surface area contributed by atoms with E-state index in [0.29, 0.717) is 0 Å². The Balaban J connectivity index is 2.27. The smallest absolute Gasteiger partial charge is 0.0632 e. The minimum atomic E-state index is 0.186. The highest BCUT2D eigenvalue weighted by Gasteiger charge is 2.16. The number of aliphatic hydroxyl groups excluding tert-OH is 1. The zero-order valence-corrected chi connectivity index (χ0v) is 8.01. The van der Waals surface area contributed by atoms with Gasteiger partial charge in [0.05, 0.1) is 6.61 Å². The van der Waals surface area contributed by atoms with E-state index in [1.807, 2.05) is 18.2 Å². The molecule has 1 atom stereocenters. The van der Waals surface area contributed by atoms with Crippen LogP contribution in [0.1, 0.15) is 12.0 Å². The third-order valence-corrected chi connectivity index (χ3v) is 2.65. The number of aliphatic hydroxyl groups is 1. The minimum Gasteiger partial charge on any atom is -0.394 e. The molecule has 3 heteroatoms. The van der Waals surface area contributed by atoms with Crippen LogP contribution in [0.2, 0.25) is 5.02 Å². The molecule has 0 unspecified atom stereocenters. The highest BCUT2D eigenvalue weighted by molar-refractivity contribution is 6.30. The van der Waals surface area contributed by atoms with Gasteiger partial charge >= 0.3 is 0 Å². The number of halogens is 1. The number of anilines is 1. The van der Waals surface area contributed by atoms with Crippen LogP contribution in [0.15, 0.2) is 18.2 Å². The molecule has 1 aliphatic rings. The molecule has 1 heterocycles. The zero-order chi connectivity index (χ0) is 9.26. The maximum Gasteiger partial charge on any atom is 0.0632 e. The number of benzene rings is 1. The molecule has 0 radical (unpaired) electrons. The van der Waals surface area contributed by atoms with E-state index in [9.17, 15) is 0 Å². The van der Waals surface area contributed by atoms with Crippen molar-refractivity contribution in [3.05, 3.63) is 28.8 Å². The summed E-state index contributed by atoms with van der Waals surface area (Å²) in [6, 6.07) is 6.05. The number of aryl methyl sites for hydroxylation is 1. The van der Waals surface area contributed by atoms with Gasteiger partial charge in [0, 0.05) is 16.8 Å². The Morgan fingerprint density at radius 1 is 1.54 bits per heavy atom. The van der Waals surface area contributed by atoms with E-state index in [1.54, 1.807) is 0 Å². The maximum absolute atomic E-state index is 8.99.